The summed E-state index contributed by atoms with van der Waals surface area (Å²) in [6, 6.07) is 20.1. The van der Waals surface area contributed by atoms with Crippen molar-refractivity contribution >= 4 is 23.7 Å². The molecule has 32 heavy (non-hydrogen) atoms. The van der Waals surface area contributed by atoms with Crippen LogP contribution < -0.4 is 20.2 Å². The van der Waals surface area contributed by atoms with Gasteiger partial charge in [0.1, 0.15) is 30.3 Å². The second-order valence-electron chi connectivity index (χ2n) is 6.70. The number of rotatable bonds is 9. The van der Waals surface area contributed by atoms with E-state index < -0.39 is 11.8 Å². The fourth-order valence-corrected chi connectivity index (χ4v) is 2.70. The number of para-hydroxylation sites is 2. The highest BCUT2D eigenvalue weighted by Gasteiger charge is 2.11. The van der Waals surface area contributed by atoms with E-state index >= 15 is 0 Å². The third kappa shape index (κ3) is 6.94. The maximum Gasteiger partial charge on any atom is 0.249 e. The molecule has 0 saturated heterocycles. The lowest BCUT2D eigenvalue weighted by Crippen LogP contribution is -2.24. The van der Waals surface area contributed by atoms with Crippen molar-refractivity contribution < 1.29 is 23.5 Å². The molecule has 2 N–H and O–H groups in total. The largest absolute Gasteiger partial charge is 0.495 e. The molecule has 2 amide bonds. The Morgan fingerprint density at radius 3 is 2.41 bits per heavy atom. The molecular weight excluding hydrogens is 413 g/mol. The van der Waals surface area contributed by atoms with Gasteiger partial charge in [0.25, 0.3) is 0 Å². The fourth-order valence-electron chi connectivity index (χ4n) is 2.70. The third-order valence-corrected chi connectivity index (χ3v) is 4.30. The summed E-state index contributed by atoms with van der Waals surface area (Å²) in [5.41, 5.74) is 4.39. The molecule has 0 spiro atoms. The van der Waals surface area contributed by atoms with Crippen molar-refractivity contribution in [2.45, 2.75) is 13.0 Å². The number of carbonyl (C=O) groups excluding carboxylic acids is 2. The summed E-state index contributed by atoms with van der Waals surface area (Å²) in [5.74, 6) is -0.174. The van der Waals surface area contributed by atoms with Gasteiger partial charge in [-0.15, -0.1) is 0 Å². The van der Waals surface area contributed by atoms with Gasteiger partial charge in [-0.1, -0.05) is 24.3 Å². The Labute approximate surface area is 184 Å². The Kier molecular flexibility index (Phi) is 7.91. The van der Waals surface area contributed by atoms with E-state index in [1.165, 1.54) is 25.5 Å². The van der Waals surface area contributed by atoms with Crippen LogP contribution in [0, 0.1) is 5.82 Å². The molecule has 164 valence electrons. The number of halogens is 1. The Bertz CT molecular complexity index is 1080. The molecule has 7 nitrogen and oxygen atoms in total. The number of carbonyl (C=O) groups is 2. The first kappa shape index (κ1) is 22.5. The van der Waals surface area contributed by atoms with Crippen LogP contribution in [0.5, 0.6) is 11.5 Å². The number of nitrogens with one attached hydrogen (secondary N) is 2. The average molecular weight is 435 g/mol. The van der Waals surface area contributed by atoms with Gasteiger partial charge in [-0.3, -0.25) is 9.59 Å². The predicted octanol–water partition coefficient (Wildman–Crippen LogP) is 3.89. The summed E-state index contributed by atoms with van der Waals surface area (Å²) < 4.78 is 23.7. The van der Waals surface area contributed by atoms with Crippen molar-refractivity contribution in [3.05, 3.63) is 89.7 Å². The minimum Gasteiger partial charge on any atom is -0.495 e. The molecule has 0 aliphatic heterocycles. The first-order valence-electron chi connectivity index (χ1n) is 9.75. The molecule has 8 heteroatoms. The average Bonchev–Trinajstić information content (AvgIpc) is 2.80. The van der Waals surface area contributed by atoms with Crippen molar-refractivity contribution in [3.63, 3.8) is 0 Å². The lowest BCUT2D eigenvalue weighted by atomic mass is 10.2. The number of amides is 2. The number of nitrogens with zero attached hydrogens (tertiary/aromatic N) is 1. The zero-order chi connectivity index (χ0) is 22.8. The molecule has 0 atom stereocenters. The molecule has 0 aliphatic rings. The van der Waals surface area contributed by atoms with Crippen molar-refractivity contribution in [1.82, 2.24) is 5.43 Å². The first-order valence-corrected chi connectivity index (χ1v) is 9.75. The van der Waals surface area contributed by atoms with Gasteiger partial charge >= 0.3 is 0 Å². The smallest absolute Gasteiger partial charge is 0.249 e. The van der Waals surface area contributed by atoms with E-state index in [9.17, 15) is 14.0 Å². The highest BCUT2D eigenvalue weighted by atomic mass is 19.1. The number of hydrogen-bond acceptors (Lipinski definition) is 5. The molecule has 0 unspecified atom stereocenters. The van der Waals surface area contributed by atoms with Gasteiger partial charge < -0.3 is 14.8 Å². The minimum atomic E-state index is -0.548. The number of anilines is 1. The Balaban J connectivity index is 1.43. The third-order valence-electron chi connectivity index (χ3n) is 4.30. The molecule has 0 bridgehead atoms. The van der Waals surface area contributed by atoms with Gasteiger partial charge in [-0.25, -0.2) is 9.82 Å². The van der Waals surface area contributed by atoms with Gasteiger partial charge in [-0.2, -0.15) is 5.10 Å². The fraction of sp³-hybridized carbons (Fsp3) is 0.125. The van der Waals surface area contributed by atoms with Crippen LogP contribution in [0.15, 0.2) is 77.9 Å². The maximum atomic E-state index is 12.9. The maximum absolute atomic E-state index is 12.9. The molecule has 0 heterocycles. The number of hydrogen-bond donors (Lipinski definition) is 2. The van der Waals surface area contributed by atoms with E-state index in [1.807, 2.05) is 0 Å². The summed E-state index contributed by atoms with van der Waals surface area (Å²) in [5, 5.41) is 6.49. The number of hydrazone groups is 1. The van der Waals surface area contributed by atoms with Crippen LogP contribution in [0.25, 0.3) is 0 Å². The van der Waals surface area contributed by atoms with E-state index in [-0.39, 0.29) is 12.2 Å². The van der Waals surface area contributed by atoms with E-state index in [4.69, 9.17) is 9.47 Å². The zero-order valence-corrected chi connectivity index (χ0v) is 17.4. The number of benzene rings is 3. The lowest BCUT2D eigenvalue weighted by molar-refractivity contribution is -0.126. The second-order valence-corrected chi connectivity index (χ2v) is 6.70. The van der Waals surface area contributed by atoms with E-state index in [2.05, 4.69) is 15.8 Å². The van der Waals surface area contributed by atoms with Crippen LogP contribution in [0.4, 0.5) is 10.1 Å². The summed E-state index contributed by atoms with van der Waals surface area (Å²) in [7, 11) is 1.50. The Hall–Kier alpha value is -4.20. The van der Waals surface area contributed by atoms with Crippen molar-refractivity contribution in [2.75, 3.05) is 12.4 Å². The normalized spacial score (nSPS) is 10.6. The monoisotopic (exact) mass is 435 g/mol. The van der Waals surface area contributed by atoms with Crippen LogP contribution in [0.1, 0.15) is 17.5 Å². The Morgan fingerprint density at radius 1 is 0.969 bits per heavy atom. The van der Waals surface area contributed by atoms with E-state index in [0.717, 1.165) is 11.1 Å². The highest BCUT2D eigenvalue weighted by Crippen LogP contribution is 2.23. The van der Waals surface area contributed by atoms with E-state index in [1.54, 1.807) is 60.7 Å². The summed E-state index contributed by atoms with van der Waals surface area (Å²) in [6.07, 6.45) is 1.07. The molecule has 3 aromatic carbocycles. The second kappa shape index (κ2) is 11.3. The van der Waals surface area contributed by atoms with Gasteiger partial charge in [0.15, 0.2) is 0 Å². The standard InChI is InChI=1S/C24H22FN3O4/c1-31-22-5-3-2-4-21(22)27-23(29)14-24(30)28-26-15-17-8-12-20(13-9-17)32-16-18-6-10-19(25)11-7-18/h2-13,15H,14,16H2,1H3,(H,27,29)(H,28,30). The summed E-state index contributed by atoms with van der Waals surface area (Å²) in [6.45, 7) is 0.320. The van der Waals surface area contributed by atoms with Crippen LogP contribution in [-0.4, -0.2) is 25.1 Å². The summed E-state index contributed by atoms with van der Waals surface area (Å²) in [4.78, 5) is 24.0. The van der Waals surface area contributed by atoms with Crippen LogP contribution in [0.2, 0.25) is 0 Å². The molecule has 0 fully saturated rings. The molecule has 0 aromatic heterocycles. The molecule has 0 saturated carbocycles. The van der Waals surface area contributed by atoms with Crippen molar-refractivity contribution in [3.8, 4) is 11.5 Å². The molecule has 3 rings (SSSR count). The van der Waals surface area contributed by atoms with Gasteiger partial charge in [-0.05, 0) is 59.7 Å². The van der Waals surface area contributed by atoms with E-state index in [0.29, 0.717) is 23.8 Å². The first-order chi connectivity index (χ1) is 15.5. The highest BCUT2D eigenvalue weighted by molar-refractivity contribution is 6.04. The molecule has 3 aromatic rings. The quantitative estimate of drug-likeness (QED) is 0.303. The van der Waals surface area contributed by atoms with Gasteiger partial charge in [0, 0.05) is 0 Å². The summed E-state index contributed by atoms with van der Waals surface area (Å²) >= 11 is 0. The molecule has 0 radical (unpaired) electrons. The topological polar surface area (TPSA) is 89.0 Å². The molecule has 0 aliphatic carbocycles. The van der Waals surface area contributed by atoms with Crippen LogP contribution >= 0.6 is 0 Å². The van der Waals surface area contributed by atoms with Gasteiger partial charge in [0.05, 0.1) is 19.0 Å². The van der Waals surface area contributed by atoms with Gasteiger partial charge in [0.2, 0.25) is 11.8 Å². The number of ether oxygens (including phenoxy) is 2. The molecular formula is C24H22FN3O4. The van der Waals surface area contributed by atoms with Crippen molar-refractivity contribution in [1.29, 1.82) is 0 Å². The Morgan fingerprint density at radius 2 is 1.69 bits per heavy atom. The lowest BCUT2D eigenvalue weighted by Gasteiger charge is -2.09. The minimum absolute atomic E-state index is 0.290. The zero-order valence-electron chi connectivity index (χ0n) is 17.4. The predicted molar refractivity (Wildman–Crippen MR) is 119 cm³/mol. The van der Waals surface area contributed by atoms with Crippen LogP contribution in [-0.2, 0) is 16.2 Å². The SMILES string of the molecule is COc1ccccc1NC(=O)CC(=O)NN=Cc1ccc(OCc2ccc(F)cc2)cc1. The van der Waals surface area contributed by atoms with Crippen LogP contribution in [0.3, 0.4) is 0 Å². The van der Waals surface area contributed by atoms with Crippen molar-refractivity contribution in [2.24, 2.45) is 5.10 Å². The number of methoxy groups -OCH3 is 1.